The van der Waals surface area contributed by atoms with Crippen LogP contribution in [0.25, 0.3) is 11.0 Å². The summed E-state index contributed by atoms with van der Waals surface area (Å²) < 4.78 is 3.53. The van der Waals surface area contributed by atoms with Crippen molar-refractivity contribution >= 4 is 56.6 Å². The van der Waals surface area contributed by atoms with E-state index in [2.05, 4.69) is 69.8 Å². The fourth-order valence-electron chi connectivity index (χ4n) is 2.47. The second kappa shape index (κ2) is 6.03. The third-order valence-corrected chi connectivity index (χ3v) is 5.29. The molecule has 1 atom stereocenters. The third kappa shape index (κ3) is 2.61. The molecule has 0 aliphatic heterocycles. The van der Waals surface area contributed by atoms with E-state index in [1.807, 2.05) is 0 Å². The van der Waals surface area contributed by atoms with Crippen LogP contribution >= 0.6 is 45.5 Å². The van der Waals surface area contributed by atoms with Gasteiger partial charge in [-0.05, 0) is 59.2 Å². The molecule has 0 saturated heterocycles. The molecular formula is C15H14ClIN2S. The predicted molar refractivity (Wildman–Crippen MR) is 95.0 cm³/mol. The van der Waals surface area contributed by atoms with E-state index in [9.17, 15) is 0 Å². The lowest BCUT2D eigenvalue weighted by Crippen LogP contribution is -2.10. The number of halogens is 2. The minimum atomic E-state index is 0.290. The number of alkyl halides is 1. The van der Waals surface area contributed by atoms with Gasteiger partial charge in [0, 0.05) is 20.7 Å². The van der Waals surface area contributed by atoms with Crippen LogP contribution in [0.5, 0.6) is 0 Å². The molecule has 0 amide bonds. The van der Waals surface area contributed by atoms with Gasteiger partial charge in [-0.15, -0.1) is 22.9 Å². The number of rotatable bonds is 4. The van der Waals surface area contributed by atoms with E-state index in [0.717, 1.165) is 17.8 Å². The first-order valence-corrected chi connectivity index (χ1v) is 8.95. The Morgan fingerprint density at radius 1 is 1.40 bits per heavy atom. The maximum absolute atomic E-state index is 5.94. The molecule has 0 aliphatic rings. The molecule has 2 heterocycles. The van der Waals surface area contributed by atoms with Crippen LogP contribution in [0.4, 0.5) is 0 Å². The van der Waals surface area contributed by atoms with Crippen molar-refractivity contribution in [2.24, 2.45) is 0 Å². The number of thiophene rings is 1. The fraction of sp³-hybridized carbons (Fsp3) is 0.267. The van der Waals surface area contributed by atoms with Gasteiger partial charge in [-0.3, -0.25) is 0 Å². The number of benzene rings is 1. The van der Waals surface area contributed by atoms with E-state index >= 15 is 0 Å². The van der Waals surface area contributed by atoms with Crippen molar-refractivity contribution in [3.8, 4) is 0 Å². The van der Waals surface area contributed by atoms with E-state index in [1.54, 1.807) is 11.3 Å². The van der Waals surface area contributed by atoms with Gasteiger partial charge in [-0.25, -0.2) is 4.98 Å². The van der Waals surface area contributed by atoms with E-state index < -0.39 is 0 Å². The first-order valence-electron chi connectivity index (χ1n) is 6.46. The molecule has 0 bridgehead atoms. The highest BCUT2D eigenvalue weighted by Crippen LogP contribution is 2.29. The molecule has 1 unspecified atom stereocenters. The van der Waals surface area contributed by atoms with Crippen molar-refractivity contribution in [2.75, 3.05) is 5.88 Å². The highest BCUT2D eigenvalue weighted by atomic mass is 127. The number of hydrogen-bond donors (Lipinski definition) is 0. The molecule has 1 aromatic carbocycles. The van der Waals surface area contributed by atoms with Crippen LogP contribution in [0.1, 0.15) is 23.7 Å². The maximum Gasteiger partial charge on any atom is 0.111 e. The monoisotopic (exact) mass is 416 g/mol. The summed E-state index contributed by atoms with van der Waals surface area (Å²) in [5.41, 5.74) is 2.24. The van der Waals surface area contributed by atoms with Gasteiger partial charge in [0.15, 0.2) is 0 Å². The minimum Gasteiger partial charge on any atom is -0.320 e. The normalized spacial score (nSPS) is 12.9. The first kappa shape index (κ1) is 14.4. The van der Waals surface area contributed by atoms with Crippen molar-refractivity contribution < 1.29 is 0 Å². The summed E-state index contributed by atoms with van der Waals surface area (Å²) in [6, 6.07) is 11.0. The smallest absolute Gasteiger partial charge is 0.111 e. The number of nitrogens with zero attached hydrogens (tertiary/aromatic N) is 2. The van der Waals surface area contributed by atoms with Crippen molar-refractivity contribution in [3.05, 3.63) is 50.0 Å². The molecule has 20 heavy (non-hydrogen) atoms. The zero-order valence-corrected chi connectivity index (χ0v) is 14.7. The molecule has 2 nitrogen and oxygen atoms in total. The number of aromatic nitrogens is 2. The largest absolute Gasteiger partial charge is 0.320 e. The van der Waals surface area contributed by atoms with Crippen LogP contribution in [-0.4, -0.2) is 15.4 Å². The van der Waals surface area contributed by atoms with E-state index in [4.69, 9.17) is 16.6 Å². The zero-order chi connectivity index (χ0) is 14.1. The molecule has 0 fully saturated rings. The van der Waals surface area contributed by atoms with E-state index in [-0.39, 0.29) is 0 Å². The molecule has 0 N–H and O–H groups in total. The number of fused-ring (bicyclic) bond motifs is 1. The lowest BCUT2D eigenvalue weighted by atomic mass is 10.2. The topological polar surface area (TPSA) is 17.8 Å². The number of aryl methyl sites for hydroxylation is 1. The number of hydrogen-bond acceptors (Lipinski definition) is 2. The molecule has 0 spiro atoms. The Hall–Kier alpha value is -0.590. The SMILES string of the molecule is CC(c1cccs1)n1c(CCCl)nc2cc(I)ccc21. The second-order valence-electron chi connectivity index (χ2n) is 4.66. The summed E-state index contributed by atoms with van der Waals surface area (Å²) in [6.45, 7) is 2.22. The van der Waals surface area contributed by atoms with Crippen molar-refractivity contribution in [2.45, 2.75) is 19.4 Å². The highest BCUT2D eigenvalue weighted by molar-refractivity contribution is 14.1. The third-order valence-electron chi connectivity index (χ3n) is 3.38. The van der Waals surface area contributed by atoms with Gasteiger partial charge in [0.25, 0.3) is 0 Å². The molecule has 104 valence electrons. The summed E-state index contributed by atoms with van der Waals surface area (Å²) in [7, 11) is 0. The average molecular weight is 417 g/mol. The van der Waals surface area contributed by atoms with Crippen molar-refractivity contribution in [1.82, 2.24) is 9.55 Å². The molecule has 3 rings (SSSR count). The van der Waals surface area contributed by atoms with Gasteiger partial charge < -0.3 is 4.57 Å². The molecule has 3 aromatic rings. The van der Waals surface area contributed by atoms with Gasteiger partial charge in [0.2, 0.25) is 0 Å². The molecule has 0 aliphatic carbocycles. The quantitative estimate of drug-likeness (QED) is 0.428. The summed E-state index contributed by atoms with van der Waals surface area (Å²) >= 11 is 10.1. The molecule has 2 aromatic heterocycles. The van der Waals surface area contributed by atoms with E-state index in [1.165, 1.54) is 14.0 Å². The average Bonchev–Trinajstić information content (AvgIpc) is 3.05. The Morgan fingerprint density at radius 3 is 2.95 bits per heavy atom. The Kier molecular flexibility index (Phi) is 4.33. The van der Waals surface area contributed by atoms with Crippen molar-refractivity contribution in [3.63, 3.8) is 0 Å². The molecule has 0 saturated carbocycles. The van der Waals surface area contributed by atoms with Crippen LogP contribution in [0.2, 0.25) is 0 Å². The minimum absolute atomic E-state index is 0.290. The van der Waals surface area contributed by atoms with Crippen molar-refractivity contribution in [1.29, 1.82) is 0 Å². The lowest BCUT2D eigenvalue weighted by molar-refractivity contribution is 0.633. The van der Waals surface area contributed by atoms with E-state index in [0.29, 0.717) is 11.9 Å². The first-order chi connectivity index (χ1) is 9.70. The van der Waals surface area contributed by atoms with Crippen LogP contribution in [0, 0.1) is 3.57 Å². The summed E-state index contributed by atoms with van der Waals surface area (Å²) in [5.74, 6) is 1.66. The fourth-order valence-corrected chi connectivity index (χ4v) is 3.89. The molecule has 5 heteroatoms. The predicted octanol–water partition coefficient (Wildman–Crippen LogP) is 5.09. The Morgan fingerprint density at radius 2 is 2.25 bits per heavy atom. The standard InChI is InChI=1S/C15H14ClIN2S/c1-10(14-3-2-8-20-14)19-13-5-4-11(17)9-12(13)18-15(19)6-7-16/h2-5,8-10H,6-7H2,1H3. The summed E-state index contributed by atoms with van der Waals surface area (Å²) in [5, 5.41) is 2.12. The second-order valence-corrected chi connectivity index (χ2v) is 7.26. The maximum atomic E-state index is 5.94. The van der Waals surface area contributed by atoms with Gasteiger partial charge in [-0.1, -0.05) is 6.07 Å². The van der Waals surface area contributed by atoms with Gasteiger partial charge in [-0.2, -0.15) is 0 Å². The number of imidazole rings is 1. The van der Waals surface area contributed by atoms with Crippen LogP contribution in [0.15, 0.2) is 35.7 Å². The molecule has 0 radical (unpaired) electrons. The lowest BCUT2D eigenvalue weighted by Gasteiger charge is -2.16. The highest BCUT2D eigenvalue weighted by Gasteiger charge is 2.17. The van der Waals surface area contributed by atoms with Gasteiger partial charge in [0.05, 0.1) is 17.1 Å². The Balaban J connectivity index is 2.18. The molecular weight excluding hydrogens is 403 g/mol. The van der Waals surface area contributed by atoms with Gasteiger partial charge in [0.1, 0.15) is 5.82 Å². The van der Waals surface area contributed by atoms with Gasteiger partial charge >= 0.3 is 0 Å². The van der Waals surface area contributed by atoms with Crippen LogP contribution in [-0.2, 0) is 6.42 Å². The zero-order valence-electron chi connectivity index (χ0n) is 11.0. The Labute approximate surface area is 140 Å². The van der Waals surface area contributed by atoms with Crippen LogP contribution < -0.4 is 0 Å². The summed E-state index contributed by atoms with van der Waals surface area (Å²) in [4.78, 5) is 6.12. The van der Waals surface area contributed by atoms with Crippen LogP contribution in [0.3, 0.4) is 0 Å². The Bertz CT molecular complexity index is 721. The summed E-state index contributed by atoms with van der Waals surface area (Å²) in [6.07, 6.45) is 0.794.